The SMILES string of the molecule is CC1OC12CC2.NCCN. The van der Waals surface area contributed by atoms with Crippen LogP contribution in [0.1, 0.15) is 19.8 Å². The van der Waals surface area contributed by atoms with Gasteiger partial charge in [0.15, 0.2) is 0 Å². The zero-order chi connectivity index (χ0) is 7.61. The maximum atomic E-state index is 5.22. The van der Waals surface area contributed by atoms with Gasteiger partial charge in [-0.1, -0.05) is 0 Å². The van der Waals surface area contributed by atoms with Gasteiger partial charge < -0.3 is 16.2 Å². The van der Waals surface area contributed by atoms with Gasteiger partial charge in [0.25, 0.3) is 0 Å². The second-order valence-corrected chi connectivity index (χ2v) is 2.90. The van der Waals surface area contributed by atoms with E-state index in [1.807, 2.05) is 0 Å². The van der Waals surface area contributed by atoms with E-state index in [1.165, 1.54) is 12.8 Å². The minimum Gasteiger partial charge on any atom is -0.366 e. The van der Waals surface area contributed by atoms with Gasteiger partial charge in [-0.15, -0.1) is 0 Å². The lowest BCUT2D eigenvalue weighted by molar-refractivity contribution is 0.371. The maximum absolute atomic E-state index is 5.22. The van der Waals surface area contributed by atoms with Crippen molar-refractivity contribution in [1.82, 2.24) is 0 Å². The van der Waals surface area contributed by atoms with Crippen molar-refractivity contribution in [2.75, 3.05) is 13.1 Å². The third kappa shape index (κ3) is 1.68. The fraction of sp³-hybridized carbons (Fsp3) is 1.00. The Morgan fingerprint density at radius 1 is 1.40 bits per heavy atom. The van der Waals surface area contributed by atoms with Gasteiger partial charge in [0.1, 0.15) is 0 Å². The Bertz CT molecular complexity index is 110. The van der Waals surface area contributed by atoms with Crippen molar-refractivity contribution in [2.45, 2.75) is 31.5 Å². The lowest BCUT2D eigenvalue weighted by Gasteiger charge is -1.72. The Morgan fingerprint density at radius 3 is 1.80 bits per heavy atom. The van der Waals surface area contributed by atoms with Crippen LogP contribution in [0.15, 0.2) is 0 Å². The highest BCUT2D eigenvalue weighted by Crippen LogP contribution is 2.56. The third-order valence-electron chi connectivity index (χ3n) is 2.00. The molecule has 0 bridgehead atoms. The average Bonchev–Trinajstić information content (AvgIpc) is 2.80. The fourth-order valence-corrected chi connectivity index (χ4v) is 0.966. The summed E-state index contributed by atoms with van der Waals surface area (Å²) in [5.41, 5.74) is 10.3. The third-order valence-corrected chi connectivity index (χ3v) is 2.00. The van der Waals surface area contributed by atoms with Crippen LogP contribution in [0.5, 0.6) is 0 Å². The molecule has 1 unspecified atom stereocenters. The van der Waals surface area contributed by atoms with E-state index in [0.717, 1.165) is 0 Å². The molecule has 1 saturated carbocycles. The smallest absolute Gasteiger partial charge is 0.0947 e. The first-order chi connectivity index (χ1) is 4.75. The summed E-state index contributed by atoms with van der Waals surface area (Å²) >= 11 is 0. The van der Waals surface area contributed by atoms with Gasteiger partial charge >= 0.3 is 0 Å². The molecule has 1 atom stereocenters. The second-order valence-electron chi connectivity index (χ2n) is 2.90. The molecule has 1 aliphatic heterocycles. The molecule has 1 heterocycles. The van der Waals surface area contributed by atoms with E-state index in [9.17, 15) is 0 Å². The van der Waals surface area contributed by atoms with Crippen molar-refractivity contribution in [3.8, 4) is 0 Å². The van der Waals surface area contributed by atoms with Crippen LogP contribution in [0, 0.1) is 0 Å². The first-order valence-electron chi connectivity index (χ1n) is 3.83. The Morgan fingerprint density at radius 2 is 1.80 bits per heavy atom. The van der Waals surface area contributed by atoms with E-state index in [4.69, 9.17) is 16.2 Å². The van der Waals surface area contributed by atoms with Gasteiger partial charge in [-0.2, -0.15) is 0 Å². The van der Waals surface area contributed by atoms with Crippen LogP contribution in [0.4, 0.5) is 0 Å². The molecule has 4 N–H and O–H groups in total. The predicted molar refractivity (Wildman–Crippen MR) is 40.6 cm³/mol. The molecule has 0 aromatic heterocycles. The Labute approximate surface area is 61.7 Å². The Balaban J connectivity index is 0.000000112. The molecule has 2 fully saturated rings. The van der Waals surface area contributed by atoms with Crippen molar-refractivity contribution in [1.29, 1.82) is 0 Å². The van der Waals surface area contributed by atoms with E-state index < -0.39 is 0 Å². The molecule has 10 heavy (non-hydrogen) atoms. The molecule has 0 aromatic carbocycles. The summed E-state index contributed by atoms with van der Waals surface area (Å²) in [5, 5.41) is 0. The highest BCUT2D eigenvalue weighted by atomic mass is 16.6. The molecular formula is C7H16N2O. The Kier molecular flexibility index (Phi) is 2.28. The van der Waals surface area contributed by atoms with Gasteiger partial charge in [-0.05, 0) is 19.8 Å². The predicted octanol–water partition coefficient (Wildman–Crippen LogP) is -0.158. The van der Waals surface area contributed by atoms with E-state index >= 15 is 0 Å². The van der Waals surface area contributed by atoms with Crippen LogP contribution in [0.25, 0.3) is 0 Å². The van der Waals surface area contributed by atoms with E-state index in [0.29, 0.717) is 24.8 Å². The summed E-state index contributed by atoms with van der Waals surface area (Å²) in [4.78, 5) is 0. The van der Waals surface area contributed by atoms with Crippen molar-refractivity contribution in [3.05, 3.63) is 0 Å². The van der Waals surface area contributed by atoms with Gasteiger partial charge in [-0.3, -0.25) is 0 Å². The number of nitrogens with two attached hydrogens (primary N) is 2. The van der Waals surface area contributed by atoms with Gasteiger partial charge in [-0.25, -0.2) is 0 Å². The number of epoxide rings is 1. The quantitative estimate of drug-likeness (QED) is 0.503. The summed E-state index contributed by atoms with van der Waals surface area (Å²) in [6, 6.07) is 0. The lowest BCUT2D eigenvalue weighted by atomic mass is 10.3. The minimum atomic E-state index is 0.458. The summed E-state index contributed by atoms with van der Waals surface area (Å²) in [6.45, 7) is 3.34. The van der Waals surface area contributed by atoms with Crippen LogP contribution in [-0.4, -0.2) is 24.8 Å². The number of ether oxygens (including phenoxy) is 1. The lowest BCUT2D eigenvalue weighted by Crippen LogP contribution is -2.11. The molecule has 0 aromatic rings. The van der Waals surface area contributed by atoms with Crippen LogP contribution < -0.4 is 11.5 Å². The topological polar surface area (TPSA) is 64.6 Å². The molecule has 60 valence electrons. The highest BCUT2D eigenvalue weighted by molar-refractivity contribution is 5.11. The normalized spacial score (nSPS) is 30.9. The molecule has 2 rings (SSSR count). The van der Waals surface area contributed by atoms with Crippen LogP contribution in [-0.2, 0) is 4.74 Å². The Hall–Kier alpha value is -0.120. The molecule has 3 nitrogen and oxygen atoms in total. The molecule has 1 spiro atoms. The minimum absolute atomic E-state index is 0.458. The summed E-state index contributed by atoms with van der Waals surface area (Å²) in [5.74, 6) is 0. The molecule has 1 saturated heterocycles. The summed E-state index contributed by atoms with van der Waals surface area (Å²) < 4.78 is 5.22. The maximum Gasteiger partial charge on any atom is 0.0947 e. The van der Waals surface area contributed by atoms with Gasteiger partial charge in [0.2, 0.25) is 0 Å². The monoisotopic (exact) mass is 144 g/mol. The van der Waals surface area contributed by atoms with E-state index in [2.05, 4.69) is 6.92 Å². The first kappa shape index (κ1) is 7.98. The fourth-order valence-electron chi connectivity index (χ4n) is 0.966. The van der Waals surface area contributed by atoms with Crippen LogP contribution in [0.3, 0.4) is 0 Å². The van der Waals surface area contributed by atoms with E-state index in [-0.39, 0.29) is 0 Å². The van der Waals surface area contributed by atoms with Crippen molar-refractivity contribution in [3.63, 3.8) is 0 Å². The standard InChI is InChI=1S/C5H8O.C2H8N2/c1-4-5(6-4)2-3-5;3-1-2-4/h4H,2-3H2,1H3;1-4H2. The molecular weight excluding hydrogens is 128 g/mol. The summed E-state index contributed by atoms with van der Waals surface area (Å²) in [6.07, 6.45) is 3.26. The van der Waals surface area contributed by atoms with Crippen molar-refractivity contribution >= 4 is 0 Å². The van der Waals surface area contributed by atoms with Crippen molar-refractivity contribution < 1.29 is 4.74 Å². The van der Waals surface area contributed by atoms with Gasteiger partial charge in [0, 0.05) is 13.1 Å². The zero-order valence-electron chi connectivity index (χ0n) is 6.47. The average molecular weight is 144 g/mol. The molecule has 2 aliphatic rings. The van der Waals surface area contributed by atoms with Crippen LogP contribution >= 0.6 is 0 Å². The zero-order valence-corrected chi connectivity index (χ0v) is 6.47. The van der Waals surface area contributed by atoms with Crippen molar-refractivity contribution in [2.24, 2.45) is 11.5 Å². The summed E-state index contributed by atoms with van der Waals surface area (Å²) in [7, 11) is 0. The number of rotatable bonds is 1. The highest BCUT2D eigenvalue weighted by Gasteiger charge is 2.62. The number of hydrogen-bond acceptors (Lipinski definition) is 3. The largest absolute Gasteiger partial charge is 0.366 e. The molecule has 0 radical (unpaired) electrons. The molecule has 1 aliphatic carbocycles. The number of hydrogen-bond donors (Lipinski definition) is 2. The second kappa shape index (κ2) is 2.86. The van der Waals surface area contributed by atoms with Crippen LogP contribution in [0.2, 0.25) is 0 Å². The van der Waals surface area contributed by atoms with Gasteiger partial charge in [0.05, 0.1) is 11.7 Å². The first-order valence-corrected chi connectivity index (χ1v) is 3.83. The van der Waals surface area contributed by atoms with E-state index in [1.54, 1.807) is 0 Å². The molecule has 3 heteroatoms. The molecule has 0 amide bonds.